The summed E-state index contributed by atoms with van der Waals surface area (Å²) >= 11 is 0. The Morgan fingerprint density at radius 2 is 1.48 bits per heavy atom. The molecule has 3 rings (SSSR count). The predicted octanol–water partition coefficient (Wildman–Crippen LogP) is 1.81. The first-order chi connectivity index (χ1) is 14.8. The third-order valence-corrected chi connectivity index (χ3v) is 7.60. The van der Waals surface area contributed by atoms with Crippen molar-refractivity contribution in [1.29, 1.82) is 0 Å². The van der Waals surface area contributed by atoms with E-state index in [2.05, 4.69) is 4.72 Å². The smallest absolute Gasteiger partial charge is 0.240 e. The van der Waals surface area contributed by atoms with Crippen LogP contribution in [0.3, 0.4) is 0 Å². The second kappa shape index (κ2) is 10.4. The number of Topliss-reactive ketones (excluding diaryl/α,β-unsaturated/α-hetero) is 1. The van der Waals surface area contributed by atoms with E-state index in [0.29, 0.717) is 44.1 Å². The summed E-state index contributed by atoms with van der Waals surface area (Å²) in [6, 6.07) is 5.69. The number of carbonyl (C=O) groups excluding carboxylic acids is 3. The molecule has 0 aromatic heterocycles. The van der Waals surface area contributed by atoms with Crippen molar-refractivity contribution in [3.05, 3.63) is 29.8 Å². The van der Waals surface area contributed by atoms with Crippen LogP contribution in [0.1, 0.15) is 55.8 Å². The normalized spacial score (nSPS) is 17.7. The molecule has 1 aromatic carbocycles. The fraction of sp³-hybridized carbons (Fsp3) is 0.591. The molecule has 0 atom stereocenters. The van der Waals surface area contributed by atoms with Gasteiger partial charge in [0.2, 0.25) is 21.8 Å². The molecular weight excluding hydrogens is 418 g/mol. The molecule has 1 aliphatic carbocycles. The minimum atomic E-state index is -3.75. The molecule has 0 unspecified atom stereocenters. The molecule has 2 fully saturated rings. The maximum absolute atomic E-state index is 12.4. The molecule has 1 heterocycles. The first-order valence-corrected chi connectivity index (χ1v) is 12.4. The van der Waals surface area contributed by atoms with Crippen LogP contribution in [0.2, 0.25) is 0 Å². The Balaban J connectivity index is 1.40. The number of ketones is 1. The Kier molecular flexibility index (Phi) is 7.83. The number of nitrogens with one attached hydrogen (secondary N) is 1. The van der Waals surface area contributed by atoms with Crippen LogP contribution in [-0.2, 0) is 19.6 Å². The first-order valence-electron chi connectivity index (χ1n) is 10.9. The summed E-state index contributed by atoms with van der Waals surface area (Å²) < 4.78 is 27.2. The van der Waals surface area contributed by atoms with Crippen molar-refractivity contribution in [3.8, 4) is 0 Å². The van der Waals surface area contributed by atoms with Gasteiger partial charge < -0.3 is 9.80 Å². The van der Waals surface area contributed by atoms with Gasteiger partial charge in [-0.3, -0.25) is 14.4 Å². The lowest BCUT2D eigenvalue weighted by molar-refractivity contribution is -0.140. The number of benzene rings is 1. The van der Waals surface area contributed by atoms with E-state index in [-0.39, 0.29) is 35.5 Å². The summed E-state index contributed by atoms with van der Waals surface area (Å²) in [4.78, 5) is 39.8. The zero-order valence-corrected chi connectivity index (χ0v) is 18.8. The molecule has 0 spiro atoms. The van der Waals surface area contributed by atoms with E-state index in [1.807, 2.05) is 4.90 Å². The number of carbonyl (C=O) groups is 3. The van der Waals surface area contributed by atoms with Crippen molar-refractivity contribution in [2.75, 3.05) is 32.7 Å². The summed E-state index contributed by atoms with van der Waals surface area (Å²) in [6.07, 6.45) is 5.38. The molecule has 9 heteroatoms. The molecule has 1 saturated carbocycles. The second-order valence-corrected chi connectivity index (χ2v) is 10.1. The van der Waals surface area contributed by atoms with Crippen LogP contribution in [0.5, 0.6) is 0 Å². The van der Waals surface area contributed by atoms with Gasteiger partial charge >= 0.3 is 0 Å². The summed E-state index contributed by atoms with van der Waals surface area (Å²) in [5.41, 5.74) is 0.440. The highest BCUT2D eigenvalue weighted by Gasteiger charge is 2.27. The average Bonchev–Trinajstić information content (AvgIpc) is 3.26. The standard InChI is InChI=1S/C22H31N3O5S/c1-17(26)19-6-8-20(9-7-19)31(29,30)23-11-10-21(27)24-12-14-25(15-13-24)22(28)16-18-4-2-3-5-18/h6-9,18,23H,2-5,10-16H2,1H3. The van der Waals surface area contributed by atoms with Gasteiger partial charge in [-0.2, -0.15) is 0 Å². The molecule has 31 heavy (non-hydrogen) atoms. The molecule has 1 aliphatic heterocycles. The van der Waals surface area contributed by atoms with Crippen LogP contribution in [0, 0.1) is 5.92 Å². The van der Waals surface area contributed by atoms with Crippen LogP contribution in [0.25, 0.3) is 0 Å². The molecule has 8 nitrogen and oxygen atoms in total. The van der Waals surface area contributed by atoms with E-state index in [1.165, 1.54) is 44.0 Å². The van der Waals surface area contributed by atoms with Crippen molar-refractivity contribution in [2.45, 2.75) is 50.3 Å². The lowest BCUT2D eigenvalue weighted by Gasteiger charge is -2.35. The van der Waals surface area contributed by atoms with Gasteiger partial charge in [0, 0.05) is 51.1 Å². The first kappa shape index (κ1) is 23.4. The largest absolute Gasteiger partial charge is 0.339 e. The zero-order chi connectivity index (χ0) is 22.4. The van der Waals surface area contributed by atoms with Gasteiger partial charge in [0.15, 0.2) is 5.78 Å². The van der Waals surface area contributed by atoms with Gasteiger partial charge in [0.05, 0.1) is 4.90 Å². The third kappa shape index (κ3) is 6.36. The molecule has 2 amide bonds. The molecule has 1 N–H and O–H groups in total. The minimum absolute atomic E-state index is 0.00352. The van der Waals surface area contributed by atoms with Crippen molar-refractivity contribution < 1.29 is 22.8 Å². The monoisotopic (exact) mass is 449 g/mol. The lowest BCUT2D eigenvalue weighted by Crippen LogP contribution is -2.51. The van der Waals surface area contributed by atoms with E-state index in [0.717, 1.165) is 12.8 Å². The highest BCUT2D eigenvalue weighted by atomic mass is 32.2. The molecule has 0 radical (unpaired) electrons. The van der Waals surface area contributed by atoms with Crippen molar-refractivity contribution in [3.63, 3.8) is 0 Å². The van der Waals surface area contributed by atoms with Gasteiger partial charge in [-0.15, -0.1) is 0 Å². The lowest BCUT2D eigenvalue weighted by atomic mass is 10.0. The van der Waals surface area contributed by atoms with Crippen molar-refractivity contribution in [2.24, 2.45) is 5.92 Å². The number of sulfonamides is 1. The number of rotatable bonds is 8. The van der Waals surface area contributed by atoms with Crippen LogP contribution < -0.4 is 4.72 Å². The molecular formula is C22H31N3O5S. The number of hydrogen-bond donors (Lipinski definition) is 1. The van der Waals surface area contributed by atoms with Crippen LogP contribution >= 0.6 is 0 Å². The predicted molar refractivity (Wildman–Crippen MR) is 116 cm³/mol. The molecule has 1 aromatic rings. The molecule has 170 valence electrons. The minimum Gasteiger partial charge on any atom is -0.339 e. The van der Waals surface area contributed by atoms with E-state index in [9.17, 15) is 22.8 Å². The van der Waals surface area contributed by atoms with Crippen LogP contribution in [0.15, 0.2) is 29.2 Å². The molecule has 1 saturated heterocycles. The van der Waals surface area contributed by atoms with Gasteiger partial charge in [-0.1, -0.05) is 25.0 Å². The Labute approximate surface area is 184 Å². The summed E-state index contributed by atoms with van der Waals surface area (Å²) in [5, 5.41) is 0. The van der Waals surface area contributed by atoms with Crippen LogP contribution in [0.4, 0.5) is 0 Å². The zero-order valence-electron chi connectivity index (χ0n) is 18.0. The van der Waals surface area contributed by atoms with Crippen molar-refractivity contribution in [1.82, 2.24) is 14.5 Å². The van der Waals surface area contributed by atoms with Gasteiger partial charge in [-0.05, 0) is 37.8 Å². The fourth-order valence-corrected chi connectivity index (χ4v) is 5.23. The SMILES string of the molecule is CC(=O)c1ccc(S(=O)(=O)NCCC(=O)N2CCN(C(=O)CC3CCCC3)CC2)cc1. The van der Waals surface area contributed by atoms with Gasteiger partial charge in [0.1, 0.15) is 0 Å². The van der Waals surface area contributed by atoms with Crippen LogP contribution in [-0.4, -0.2) is 68.5 Å². The fourth-order valence-electron chi connectivity index (χ4n) is 4.20. The van der Waals surface area contributed by atoms with Gasteiger partial charge in [0.25, 0.3) is 0 Å². The molecule has 0 bridgehead atoms. The Morgan fingerprint density at radius 1 is 0.935 bits per heavy atom. The second-order valence-electron chi connectivity index (χ2n) is 8.34. The Morgan fingerprint density at radius 3 is 2.03 bits per heavy atom. The topological polar surface area (TPSA) is 104 Å². The number of piperazine rings is 1. The van der Waals surface area contributed by atoms with E-state index >= 15 is 0 Å². The maximum atomic E-state index is 12.4. The number of amides is 2. The summed E-state index contributed by atoms with van der Waals surface area (Å²) in [6.45, 7) is 3.44. The number of hydrogen-bond acceptors (Lipinski definition) is 5. The quantitative estimate of drug-likeness (QED) is 0.610. The Bertz CT molecular complexity index is 900. The summed E-state index contributed by atoms with van der Waals surface area (Å²) in [7, 11) is -3.75. The number of nitrogens with zero attached hydrogens (tertiary/aromatic N) is 2. The highest BCUT2D eigenvalue weighted by molar-refractivity contribution is 7.89. The van der Waals surface area contributed by atoms with E-state index in [4.69, 9.17) is 0 Å². The third-order valence-electron chi connectivity index (χ3n) is 6.13. The van der Waals surface area contributed by atoms with E-state index < -0.39 is 10.0 Å². The maximum Gasteiger partial charge on any atom is 0.240 e. The average molecular weight is 450 g/mol. The van der Waals surface area contributed by atoms with Gasteiger partial charge in [-0.25, -0.2) is 13.1 Å². The molecule has 2 aliphatic rings. The van der Waals surface area contributed by atoms with E-state index in [1.54, 1.807) is 4.90 Å². The summed E-state index contributed by atoms with van der Waals surface area (Å²) in [5.74, 6) is 0.432. The highest BCUT2D eigenvalue weighted by Crippen LogP contribution is 2.28. The Hall–Kier alpha value is -2.26. The van der Waals surface area contributed by atoms with Crippen molar-refractivity contribution >= 4 is 27.6 Å².